The van der Waals surface area contributed by atoms with E-state index in [1.54, 1.807) is 0 Å². The lowest BCUT2D eigenvalue weighted by Gasteiger charge is -1.91. The summed E-state index contributed by atoms with van der Waals surface area (Å²) in [6.07, 6.45) is 2.07. The minimum atomic E-state index is 0.777. The molecule has 0 aliphatic rings. The molecule has 0 saturated heterocycles. The lowest BCUT2D eigenvalue weighted by Crippen LogP contribution is -2.31. The first kappa shape index (κ1) is 9.67. The summed E-state index contributed by atoms with van der Waals surface area (Å²) in [5.41, 5.74) is 3.57. The molecule has 0 spiro atoms. The molecule has 80 valence electrons. The average Bonchev–Trinajstić information content (AvgIpc) is 2.62. The summed E-state index contributed by atoms with van der Waals surface area (Å²) in [5.74, 6) is 0. The second kappa shape index (κ2) is 3.49. The molecule has 0 N–H and O–H groups in total. The Kier molecular flexibility index (Phi) is 2.11. The van der Waals surface area contributed by atoms with E-state index in [0.29, 0.717) is 0 Å². The minimum absolute atomic E-state index is 0.777. The fraction of sp³-hybridized carbons (Fsp3) is 0.154. The molecule has 2 aromatic heterocycles. The molecule has 2 heterocycles. The van der Waals surface area contributed by atoms with Crippen LogP contribution in [0.3, 0.4) is 0 Å². The number of fused-ring (bicyclic) bond motifs is 3. The van der Waals surface area contributed by atoms with Crippen LogP contribution in [0.4, 0.5) is 0 Å². The van der Waals surface area contributed by atoms with E-state index in [9.17, 15) is 0 Å². The molecule has 3 aromatic rings. The van der Waals surface area contributed by atoms with Crippen molar-refractivity contribution >= 4 is 28.3 Å². The predicted molar refractivity (Wildman–Crippen MR) is 65.8 cm³/mol. The molecule has 0 bridgehead atoms. The molecule has 16 heavy (non-hydrogen) atoms. The van der Waals surface area contributed by atoms with Crippen LogP contribution in [0.15, 0.2) is 42.6 Å². The Labute approximate surface area is 98.7 Å². The van der Waals surface area contributed by atoms with Crippen molar-refractivity contribution < 1.29 is 4.57 Å². The summed E-state index contributed by atoms with van der Waals surface area (Å²) in [5, 5.41) is 0.777. The number of benzene rings is 1. The van der Waals surface area contributed by atoms with Crippen LogP contribution in [0.1, 0.15) is 6.92 Å². The second-order valence-corrected chi connectivity index (χ2v) is 4.24. The quantitative estimate of drug-likeness (QED) is 0.569. The van der Waals surface area contributed by atoms with Crippen molar-refractivity contribution in [1.29, 1.82) is 0 Å². The molecule has 0 aliphatic heterocycles. The third-order valence-corrected chi connectivity index (χ3v) is 3.15. The number of hydrogen-bond donors (Lipinski definition) is 0. The van der Waals surface area contributed by atoms with Crippen LogP contribution in [0.25, 0.3) is 16.7 Å². The standard InChI is InChI=1S/C13H12ClN2/c1-2-15-11-7-6-10(14)9-12(11)16-8-4-3-5-13(15)16/h3-9H,2H2,1H3/q+1. The molecule has 3 heteroatoms. The Morgan fingerprint density at radius 1 is 1.25 bits per heavy atom. The number of hydrogen-bond acceptors (Lipinski definition) is 0. The molecule has 0 atom stereocenters. The van der Waals surface area contributed by atoms with Crippen molar-refractivity contribution in [3.63, 3.8) is 0 Å². The maximum absolute atomic E-state index is 6.05. The first-order chi connectivity index (χ1) is 7.81. The van der Waals surface area contributed by atoms with E-state index < -0.39 is 0 Å². The number of halogens is 1. The van der Waals surface area contributed by atoms with Crippen LogP contribution in [-0.2, 0) is 6.54 Å². The number of aromatic nitrogens is 2. The van der Waals surface area contributed by atoms with Crippen molar-refractivity contribution in [3.8, 4) is 0 Å². The van der Waals surface area contributed by atoms with Gasteiger partial charge in [0.1, 0.15) is 0 Å². The van der Waals surface area contributed by atoms with Gasteiger partial charge in [-0.25, -0.2) is 4.57 Å². The van der Waals surface area contributed by atoms with Gasteiger partial charge >= 0.3 is 0 Å². The fourth-order valence-corrected chi connectivity index (χ4v) is 2.40. The monoisotopic (exact) mass is 231 g/mol. The zero-order valence-electron chi connectivity index (χ0n) is 9.02. The van der Waals surface area contributed by atoms with Crippen LogP contribution < -0.4 is 4.57 Å². The van der Waals surface area contributed by atoms with E-state index in [4.69, 9.17) is 11.6 Å². The number of imidazole rings is 1. The molecule has 0 unspecified atom stereocenters. The van der Waals surface area contributed by atoms with Crippen LogP contribution in [0, 0.1) is 0 Å². The Balaban J connectivity index is 2.59. The lowest BCUT2D eigenvalue weighted by molar-refractivity contribution is -0.642. The largest absolute Gasteiger partial charge is 0.287 e. The van der Waals surface area contributed by atoms with Gasteiger partial charge in [-0.2, -0.15) is 4.40 Å². The van der Waals surface area contributed by atoms with Gasteiger partial charge in [-0.15, -0.1) is 0 Å². The zero-order valence-corrected chi connectivity index (χ0v) is 9.78. The summed E-state index contributed by atoms with van der Waals surface area (Å²) in [7, 11) is 0. The van der Waals surface area contributed by atoms with E-state index in [0.717, 1.165) is 17.1 Å². The number of nitrogens with zero attached hydrogens (tertiary/aromatic N) is 2. The number of pyridine rings is 1. The van der Waals surface area contributed by atoms with Crippen LogP contribution in [0.2, 0.25) is 5.02 Å². The first-order valence-corrected chi connectivity index (χ1v) is 5.77. The summed E-state index contributed by atoms with van der Waals surface area (Å²) in [6, 6.07) is 12.2. The summed E-state index contributed by atoms with van der Waals surface area (Å²) in [4.78, 5) is 0. The first-order valence-electron chi connectivity index (χ1n) is 5.39. The SMILES string of the molecule is CC[n+]1c2ccc(Cl)cc2n2ccccc21. The molecule has 0 saturated carbocycles. The maximum atomic E-state index is 6.05. The zero-order chi connectivity index (χ0) is 11.1. The van der Waals surface area contributed by atoms with Gasteiger partial charge in [0, 0.05) is 17.2 Å². The van der Waals surface area contributed by atoms with Gasteiger partial charge in [0.2, 0.25) is 0 Å². The van der Waals surface area contributed by atoms with Gasteiger partial charge in [0.15, 0.2) is 11.0 Å². The van der Waals surface area contributed by atoms with Gasteiger partial charge in [-0.1, -0.05) is 17.7 Å². The van der Waals surface area contributed by atoms with Crippen molar-refractivity contribution in [2.24, 2.45) is 0 Å². The highest BCUT2D eigenvalue weighted by molar-refractivity contribution is 6.31. The molecular formula is C13H12ClN2+. The van der Waals surface area contributed by atoms with Crippen LogP contribution >= 0.6 is 11.6 Å². The Morgan fingerprint density at radius 2 is 2.12 bits per heavy atom. The molecule has 2 nitrogen and oxygen atoms in total. The molecule has 0 radical (unpaired) electrons. The van der Waals surface area contributed by atoms with E-state index in [2.05, 4.69) is 40.3 Å². The Bertz CT molecular complexity index is 670. The third kappa shape index (κ3) is 1.23. The third-order valence-electron chi connectivity index (χ3n) is 2.92. The molecule has 0 aliphatic carbocycles. The highest BCUT2D eigenvalue weighted by atomic mass is 35.5. The van der Waals surface area contributed by atoms with Crippen molar-refractivity contribution in [2.45, 2.75) is 13.5 Å². The van der Waals surface area contributed by atoms with E-state index >= 15 is 0 Å². The van der Waals surface area contributed by atoms with Gasteiger partial charge in [-0.05, 0) is 25.1 Å². The second-order valence-electron chi connectivity index (χ2n) is 3.81. The van der Waals surface area contributed by atoms with E-state index in [1.807, 2.05) is 18.2 Å². The van der Waals surface area contributed by atoms with E-state index in [-0.39, 0.29) is 0 Å². The fourth-order valence-electron chi connectivity index (χ4n) is 2.23. The normalized spacial score (nSPS) is 11.4. The number of aryl methyl sites for hydroxylation is 1. The molecule has 3 rings (SSSR count). The molecule has 0 amide bonds. The van der Waals surface area contributed by atoms with Crippen molar-refractivity contribution in [2.75, 3.05) is 0 Å². The smallest absolute Gasteiger partial charge is 0.223 e. The average molecular weight is 232 g/mol. The van der Waals surface area contributed by atoms with Crippen LogP contribution in [-0.4, -0.2) is 4.40 Å². The highest BCUT2D eigenvalue weighted by Gasteiger charge is 2.16. The minimum Gasteiger partial charge on any atom is -0.223 e. The van der Waals surface area contributed by atoms with Gasteiger partial charge in [0.25, 0.3) is 5.65 Å². The van der Waals surface area contributed by atoms with Crippen molar-refractivity contribution in [1.82, 2.24) is 4.40 Å². The van der Waals surface area contributed by atoms with Gasteiger partial charge in [0.05, 0.1) is 12.7 Å². The molecule has 1 aromatic carbocycles. The van der Waals surface area contributed by atoms with Gasteiger partial charge in [-0.3, -0.25) is 0 Å². The highest BCUT2D eigenvalue weighted by Crippen LogP contribution is 2.19. The van der Waals surface area contributed by atoms with E-state index in [1.165, 1.54) is 11.2 Å². The Hall–Kier alpha value is -1.54. The summed E-state index contributed by atoms with van der Waals surface area (Å²) < 4.78 is 4.45. The Morgan fingerprint density at radius 3 is 2.94 bits per heavy atom. The predicted octanol–water partition coefficient (Wildman–Crippen LogP) is 3.05. The van der Waals surface area contributed by atoms with Crippen molar-refractivity contribution in [3.05, 3.63) is 47.6 Å². The lowest BCUT2D eigenvalue weighted by atomic mass is 10.3. The number of rotatable bonds is 1. The molecular weight excluding hydrogens is 220 g/mol. The maximum Gasteiger partial charge on any atom is 0.287 e. The van der Waals surface area contributed by atoms with Crippen LogP contribution in [0.5, 0.6) is 0 Å². The summed E-state index contributed by atoms with van der Waals surface area (Å²) >= 11 is 6.05. The summed E-state index contributed by atoms with van der Waals surface area (Å²) in [6.45, 7) is 3.11. The van der Waals surface area contributed by atoms with Gasteiger partial charge < -0.3 is 0 Å². The molecule has 0 fully saturated rings. The topological polar surface area (TPSA) is 8.29 Å².